The summed E-state index contributed by atoms with van der Waals surface area (Å²) in [6, 6.07) is 12.9. The lowest BCUT2D eigenvalue weighted by Gasteiger charge is -2.18. The van der Waals surface area contributed by atoms with Gasteiger partial charge in [-0.05, 0) is 37.1 Å². The van der Waals surface area contributed by atoms with Gasteiger partial charge < -0.3 is 10.1 Å². The lowest BCUT2D eigenvalue weighted by molar-refractivity contribution is 0.295. The van der Waals surface area contributed by atoms with Gasteiger partial charge in [-0.2, -0.15) is 0 Å². The molecule has 26 heavy (non-hydrogen) atoms. The van der Waals surface area contributed by atoms with Gasteiger partial charge in [-0.3, -0.25) is 0 Å². The van der Waals surface area contributed by atoms with Crippen molar-refractivity contribution in [3.8, 4) is 5.75 Å². The van der Waals surface area contributed by atoms with Crippen molar-refractivity contribution in [2.75, 3.05) is 0 Å². The van der Waals surface area contributed by atoms with Gasteiger partial charge in [0, 0.05) is 28.7 Å². The van der Waals surface area contributed by atoms with Gasteiger partial charge in [0.2, 0.25) is 0 Å². The molecular weight excluding hydrogens is 372 g/mol. The molecule has 0 atom stereocenters. The van der Waals surface area contributed by atoms with Gasteiger partial charge in [-0.25, -0.2) is 4.39 Å². The Bertz CT molecular complexity index is 687. The largest absolute Gasteiger partial charge is 0.488 e. The van der Waals surface area contributed by atoms with Crippen LogP contribution in [-0.4, -0.2) is 6.04 Å². The van der Waals surface area contributed by atoms with Crippen LogP contribution in [0.3, 0.4) is 0 Å². The Morgan fingerprint density at radius 1 is 1.00 bits per heavy atom. The molecule has 1 saturated carbocycles. The van der Waals surface area contributed by atoms with Crippen LogP contribution < -0.4 is 10.1 Å². The van der Waals surface area contributed by atoms with Gasteiger partial charge in [0.15, 0.2) is 0 Å². The molecule has 0 amide bonds. The van der Waals surface area contributed by atoms with Crippen LogP contribution in [0, 0.1) is 5.82 Å². The predicted octanol–water partition coefficient (Wildman–Crippen LogP) is 6.29. The molecule has 1 aliphatic rings. The van der Waals surface area contributed by atoms with E-state index in [9.17, 15) is 4.39 Å². The Morgan fingerprint density at radius 2 is 1.73 bits per heavy atom. The van der Waals surface area contributed by atoms with Gasteiger partial charge in [-0.1, -0.05) is 55.5 Å². The van der Waals surface area contributed by atoms with E-state index in [-0.39, 0.29) is 24.8 Å². The number of rotatable bonds is 6. The number of halogens is 3. The molecule has 0 radical (unpaired) electrons. The van der Waals surface area contributed by atoms with E-state index in [2.05, 4.69) is 5.32 Å². The van der Waals surface area contributed by atoms with E-state index in [0.29, 0.717) is 16.6 Å². The van der Waals surface area contributed by atoms with Gasteiger partial charge in [0.1, 0.15) is 18.2 Å². The van der Waals surface area contributed by atoms with E-state index in [1.165, 1.54) is 44.6 Å². The van der Waals surface area contributed by atoms with Crippen LogP contribution in [0.15, 0.2) is 42.5 Å². The maximum atomic E-state index is 13.8. The van der Waals surface area contributed by atoms with Gasteiger partial charge >= 0.3 is 0 Å². The highest BCUT2D eigenvalue weighted by atomic mass is 35.5. The fourth-order valence-corrected chi connectivity index (χ4v) is 3.53. The molecule has 1 fully saturated rings. The van der Waals surface area contributed by atoms with Crippen LogP contribution >= 0.6 is 24.0 Å². The number of hydrogen-bond acceptors (Lipinski definition) is 2. The summed E-state index contributed by atoms with van der Waals surface area (Å²) >= 11 is 6.16. The average molecular weight is 398 g/mol. The van der Waals surface area contributed by atoms with Crippen LogP contribution in [0.5, 0.6) is 5.75 Å². The van der Waals surface area contributed by atoms with Crippen LogP contribution in [0.4, 0.5) is 4.39 Å². The molecule has 0 spiro atoms. The van der Waals surface area contributed by atoms with Crippen LogP contribution in [0.25, 0.3) is 0 Å². The molecule has 5 heteroatoms. The third-order valence-corrected chi connectivity index (χ3v) is 5.04. The van der Waals surface area contributed by atoms with Crippen molar-refractivity contribution >= 4 is 24.0 Å². The highest BCUT2D eigenvalue weighted by molar-refractivity contribution is 6.30. The number of hydrogen-bond donors (Lipinski definition) is 1. The second-order valence-electron chi connectivity index (χ2n) is 6.70. The molecule has 0 aromatic heterocycles. The summed E-state index contributed by atoms with van der Waals surface area (Å²) in [6.45, 7) is 0.933. The summed E-state index contributed by atoms with van der Waals surface area (Å²) in [4.78, 5) is 0. The minimum Gasteiger partial charge on any atom is -0.488 e. The fraction of sp³-hybridized carbons (Fsp3) is 0.429. The summed E-state index contributed by atoms with van der Waals surface area (Å²) in [5.41, 5.74) is 1.58. The Balaban J connectivity index is 0.00000243. The van der Waals surface area contributed by atoms with Crippen molar-refractivity contribution in [1.82, 2.24) is 5.32 Å². The van der Waals surface area contributed by atoms with E-state index in [4.69, 9.17) is 16.3 Å². The third-order valence-electron chi connectivity index (χ3n) is 4.80. The number of ether oxygens (including phenoxy) is 1. The van der Waals surface area contributed by atoms with Crippen molar-refractivity contribution in [2.45, 2.75) is 57.7 Å². The summed E-state index contributed by atoms with van der Waals surface area (Å²) in [6.07, 6.45) is 7.73. The zero-order valence-corrected chi connectivity index (χ0v) is 16.4. The molecule has 0 saturated heterocycles. The molecule has 0 heterocycles. The van der Waals surface area contributed by atoms with Gasteiger partial charge in [0.05, 0.1) is 0 Å². The zero-order valence-electron chi connectivity index (χ0n) is 14.8. The Morgan fingerprint density at radius 3 is 2.46 bits per heavy atom. The molecular formula is C21H26Cl2FNO. The van der Waals surface area contributed by atoms with Crippen molar-refractivity contribution < 1.29 is 9.13 Å². The second-order valence-corrected chi connectivity index (χ2v) is 7.14. The summed E-state index contributed by atoms with van der Waals surface area (Å²) in [5.74, 6) is 0.517. The van der Waals surface area contributed by atoms with E-state index >= 15 is 0 Å². The monoisotopic (exact) mass is 397 g/mol. The minimum absolute atomic E-state index is 0. The Kier molecular flexibility index (Phi) is 8.70. The van der Waals surface area contributed by atoms with Gasteiger partial charge in [0.25, 0.3) is 0 Å². The van der Waals surface area contributed by atoms with Crippen molar-refractivity contribution in [3.63, 3.8) is 0 Å². The standard InChI is InChI=1S/C21H25ClFNO.ClH/c22-18-11-12-21(25-15-16-7-5-6-10-20(16)23)17(13-18)14-24-19-8-3-1-2-4-9-19;/h5-7,10-13,19,24H,1-4,8-9,14-15H2;1H. The van der Waals surface area contributed by atoms with Crippen molar-refractivity contribution in [2.24, 2.45) is 0 Å². The summed E-state index contributed by atoms with van der Waals surface area (Å²) < 4.78 is 19.7. The average Bonchev–Trinajstić information content (AvgIpc) is 2.89. The van der Waals surface area contributed by atoms with E-state index in [1.54, 1.807) is 12.1 Å². The lowest BCUT2D eigenvalue weighted by atomic mass is 10.1. The Labute approximate surface area is 166 Å². The van der Waals surface area contributed by atoms with Gasteiger partial charge in [-0.15, -0.1) is 12.4 Å². The maximum Gasteiger partial charge on any atom is 0.129 e. The van der Waals surface area contributed by atoms with Crippen molar-refractivity contribution in [3.05, 3.63) is 64.4 Å². The SMILES string of the molecule is Cl.Fc1ccccc1COc1ccc(Cl)cc1CNC1CCCCCC1. The summed E-state index contributed by atoms with van der Waals surface area (Å²) in [5, 5.41) is 4.33. The first-order chi connectivity index (χ1) is 12.2. The van der Waals surface area contributed by atoms with E-state index in [1.807, 2.05) is 24.3 Å². The Hall–Kier alpha value is -1.29. The topological polar surface area (TPSA) is 21.3 Å². The minimum atomic E-state index is -0.241. The maximum absolute atomic E-state index is 13.8. The van der Waals surface area contributed by atoms with Crippen LogP contribution in [0.1, 0.15) is 49.7 Å². The first kappa shape index (κ1) is 21.0. The van der Waals surface area contributed by atoms with Crippen molar-refractivity contribution in [1.29, 1.82) is 0 Å². The normalized spacial score (nSPS) is 15.2. The smallest absolute Gasteiger partial charge is 0.129 e. The molecule has 1 aliphatic carbocycles. The zero-order chi connectivity index (χ0) is 17.5. The fourth-order valence-electron chi connectivity index (χ4n) is 3.34. The lowest BCUT2D eigenvalue weighted by Crippen LogP contribution is -2.28. The number of benzene rings is 2. The molecule has 0 unspecified atom stereocenters. The molecule has 3 rings (SSSR count). The molecule has 1 N–H and O–H groups in total. The summed E-state index contributed by atoms with van der Waals surface area (Å²) in [7, 11) is 0. The first-order valence-corrected chi connectivity index (χ1v) is 9.48. The molecule has 2 nitrogen and oxygen atoms in total. The quantitative estimate of drug-likeness (QED) is 0.577. The number of nitrogens with one attached hydrogen (secondary N) is 1. The predicted molar refractivity (Wildman–Crippen MR) is 108 cm³/mol. The molecule has 142 valence electrons. The first-order valence-electron chi connectivity index (χ1n) is 9.10. The molecule has 0 aliphatic heterocycles. The molecule has 2 aromatic carbocycles. The van der Waals surface area contributed by atoms with E-state index in [0.717, 1.165) is 17.9 Å². The molecule has 2 aromatic rings. The second kappa shape index (κ2) is 10.8. The van der Waals surface area contributed by atoms with E-state index < -0.39 is 0 Å². The molecule has 0 bridgehead atoms. The highest BCUT2D eigenvalue weighted by Crippen LogP contribution is 2.25. The van der Waals surface area contributed by atoms with Crippen LogP contribution in [0.2, 0.25) is 5.02 Å². The third kappa shape index (κ3) is 6.15. The highest BCUT2D eigenvalue weighted by Gasteiger charge is 2.13. The van der Waals surface area contributed by atoms with Crippen LogP contribution in [-0.2, 0) is 13.2 Å².